The van der Waals surface area contributed by atoms with Crippen molar-refractivity contribution in [1.82, 2.24) is 4.90 Å². The van der Waals surface area contributed by atoms with Gasteiger partial charge in [0.25, 0.3) is 0 Å². The van der Waals surface area contributed by atoms with Crippen LogP contribution in [-0.4, -0.2) is 49.0 Å². The van der Waals surface area contributed by atoms with E-state index in [2.05, 4.69) is 37.5 Å². The van der Waals surface area contributed by atoms with E-state index in [0.717, 1.165) is 6.54 Å². The van der Waals surface area contributed by atoms with Gasteiger partial charge in [0.05, 0.1) is 13.2 Å². The standard InChI is InChI=1S/C11H21NO2/c1-5-12(8-6-7-9-13)11(2,3)10-14-4/h13H,5,8-10H2,1-4H3. The Morgan fingerprint density at radius 2 is 2.00 bits per heavy atom. The minimum absolute atomic E-state index is 0.00631. The van der Waals surface area contributed by atoms with E-state index in [1.165, 1.54) is 0 Å². The van der Waals surface area contributed by atoms with Crippen molar-refractivity contribution in [2.75, 3.05) is 33.4 Å². The van der Waals surface area contributed by atoms with E-state index in [1.807, 2.05) is 0 Å². The van der Waals surface area contributed by atoms with Crippen molar-refractivity contribution in [2.45, 2.75) is 26.3 Å². The quantitative estimate of drug-likeness (QED) is 0.663. The Kier molecular flexibility index (Phi) is 6.56. The zero-order valence-corrected chi connectivity index (χ0v) is 9.63. The summed E-state index contributed by atoms with van der Waals surface area (Å²) in [6, 6.07) is 0. The maximum atomic E-state index is 8.54. The lowest BCUT2D eigenvalue weighted by atomic mass is 10.0. The fourth-order valence-electron chi connectivity index (χ4n) is 1.41. The van der Waals surface area contributed by atoms with Crippen LogP contribution < -0.4 is 0 Å². The summed E-state index contributed by atoms with van der Waals surface area (Å²) in [5, 5.41) is 8.54. The highest BCUT2D eigenvalue weighted by Gasteiger charge is 2.24. The van der Waals surface area contributed by atoms with Crippen LogP contribution in [0.4, 0.5) is 0 Å². The normalized spacial score (nSPS) is 11.3. The zero-order valence-electron chi connectivity index (χ0n) is 9.63. The monoisotopic (exact) mass is 199 g/mol. The van der Waals surface area contributed by atoms with Gasteiger partial charge in [0.15, 0.2) is 0 Å². The Morgan fingerprint density at radius 3 is 2.43 bits per heavy atom. The number of ether oxygens (including phenoxy) is 1. The van der Waals surface area contributed by atoms with Crippen molar-refractivity contribution in [3.8, 4) is 11.8 Å². The molecule has 0 aliphatic carbocycles. The third-order valence-electron chi connectivity index (χ3n) is 2.21. The molecule has 0 aliphatic heterocycles. The van der Waals surface area contributed by atoms with Crippen molar-refractivity contribution in [3.05, 3.63) is 0 Å². The first-order valence-corrected chi connectivity index (χ1v) is 4.89. The summed E-state index contributed by atoms with van der Waals surface area (Å²) in [5.41, 5.74) is -0.00631. The van der Waals surface area contributed by atoms with Gasteiger partial charge in [-0.3, -0.25) is 4.90 Å². The lowest BCUT2D eigenvalue weighted by Crippen LogP contribution is -2.47. The summed E-state index contributed by atoms with van der Waals surface area (Å²) in [6.45, 7) is 8.56. The first-order chi connectivity index (χ1) is 6.58. The largest absolute Gasteiger partial charge is 0.384 e. The Balaban J connectivity index is 4.23. The number of rotatable bonds is 5. The molecule has 82 valence electrons. The minimum atomic E-state index is -0.0672. The molecule has 0 aliphatic rings. The number of likely N-dealkylation sites (N-methyl/N-ethyl adjacent to an activating group) is 1. The number of methoxy groups -OCH3 is 1. The fraction of sp³-hybridized carbons (Fsp3) is 0.818. The molecule has 0 aromatic heterocycles. The molecule has 3 nitrogen and oxygen atoms in total. The first-order valence-electron chi connectivity index (χ1n) is 4.89. The van der Waals surface area contributed by atoms with Crippen LogP contribution in [0.5, 0.6) is 0 Å². The van der Waals surface area contributed by atoms with Crippen LogP contribution >= 0.6 is 0 Å². The summed E-state index contributed by atoms with van der Waals surface area (Å²) < 4.78 is 5.16. The van der Waals surface area contributed by atoms with E-state index in [9.17, 15) is 0 Å². The molecule has 0 bridgehead atoms. The zero-order chi connectivity index (χ0) is 11.0. The average Bonchev–Trinajstić information content (AvgIpc) is 2.12. The predicted octanol–water partition coefficient (Wildman–Crippen LogP) is 0.729. The van der Waals surface area contributed by atoms with Crippen LogP contribution in [0, 0.1) is 11.8 Å². The van der Waals surface area contributed by atoms with Gasteiger partial charge in [0.1, 0.15) is 6.61 Å². The van der Waals surface area contributed by atoms with Crippen molar-refractivity contribution < 1.29 is 9.84 Å². The minimum Gasteiger partial charge on any atom is -0.384 e. The topological polar surface area (TPSA) is 32.7 Å². The SMILES string of the molecule is CCN(CC#CCO)C(C)(C)COC. The Hall–Kier alpha value is -0.560. The summed E-state index contributed by atoms with van der Waals surface area (Å²) in [6.07, 6.45) is 0. The smallest absolute Gasteiger partial charge is 0.104 e. The van der Waals surface area contributed by atoms with Gasteiger partial charge < -0.3 is 9.84 Å². The number of nitrogens with zero attached hydrogens (tertiary/aromatic N) is 1. The lowest BCUT2D eigenvalue weighted by molar-refractivity contribution is 0.0456. The number of aliphatic hydroxyl groups excluding tert-OH is 1. The molecule has 0 saturated heterocycles. The molecule has 0 atom stereocenters. The van der Waals surface area contributed by atoms with E-state index < -0.39 is 0 Å². The second-order valence-electron chi connectivity index (χ2n) is 3.77. The second-order valence-corrected chi connectivity index (χ2v) is 3.77. The molecule has 3 heteroatoms. The van der Waals surface area contributed by atoms with Gasteiger partial charge in [-0.2, -0.15) is 0 Å². The molecule has 0 saturated carbocycles. The molecule has 0 fully saturated rings. The molecular formula is C11H21NO2. The van der Waals surface area contributed by atoms with Crippen molar-refractivity contribution in [2.24, 2.45) is 0 Å². The third kappa shape index (κ3) is 4.61. The molecule has 0 rings (SSSR count). The van der Waals surface area contributed by atoms with Gasteiger partial charge >= 0.3 is 0 Å². The van der Waals surface area contributed by atoms with Crippen molar-refractivity contribution in [3.63, 3.8) is 0 Å². The van der Waals surface area contributed by atoms with E-state index in [4.69, 9.17) is 9.84 Å². The third-order valence-corrected chi connectivity index (χ3v) is 2.21. The number of hydrogen-bond donors (Lipinski definition) is 1. The van der Waals surface area contributed by atoms with Crippen LogP contribution in [-0.2, 0) is 4.74 Å². The van der Waals surface area contributed by atoms with E-state index in [1.54, 1.807) is 7.11 Å². The lowest BCUT2D eigenvalue weighted by Gasteiger charge is -2.35. The van der Waals surface area contributed by atoms with Gasteiger partial charge in [-0.15, -0.1) is 0 Å². The Morgan fingerprint density at radius 1 is 1.36 bits per heavy atom. The average molecular weight is 199 g/mol. The highest BCUT2D eigenvalue weighted by Crippen LogP contribution is 2.13. The molecule has 0 unspecified atom stereocenters. The summed E-state index contributed by atoms with van der Waals surface area (Å²) in [4.78, 5) is 2.22. The maximum absolute atomic E-state index is 8.54. The van der Waals surface area contributed by atoms with Crippen LogP contribution in [0.25, 0.3) is 0 Å². The van der Waals surface area contributed by atoms with Crippen molar-refractivity contribution in [1.29, 1.82) is 0 Å². The maximum Gasteiger partial charge on any atom is 0.104 e. The molecule has 1 N–H and O–H groups in total. The van der Waals surface area contributed by atoms with Gasteiger partial charge in [0.2, 0.25) is 0 Å². The molecule has 14 heavy (non-hydrogen) atoms. The van der Waals surface area contributed by atoms with E-state index in [0.29, 0.717) is 13.2 Å². The molecule has 0 aromatic rings. The molecule has 0 radical (unpaired) electrons. The Bertz CT molecular complexity index is 203. The highest BCUT2D eigenvalue weighted by atomic mass is 16.5. The molecule has 0 spiro atoms. The van der Waals surface area contributed by atoms with Gasteiger partial charge in [0, 0.05) is 12.6 Å². The number of hydrogen-bond acceptors (Lipinski definition) is 3. The van der Waals surface area contributed by atoms with Gasteiger partial charge in [-0.1, -0.05) is 18.8 Å². The van der Waals surface area contributed by atoms with E-state index in [-0.39, 0.29) is 12.1 Å². The predicted molar refractivity (Wildman–Crippen MR) is 58.1 cm³/mol. The van der Waals surface area contributed by atoms with Gasteiger partial charge in [-0.25, -0.2) is 0 Å². The van der Waals surface area contributed by atoms with Gasteiger partial charge in [-0.05, 0) is 20.4 Å². The van der Waals surface area contributed by atoms with Crippen LogP contribution in [0.3, 0.4) is 0 Å². The molecular weight excluding hydrogens is 178 g/mol. The molecule has 0 aromatic carbocycles. The summed E-state index contributed by atoms with van der Waals surface area (Å²) in [7, 11) is 1.70. The first kappa shape index (κ1) is 13.4. The molecule has 0 amide bonds. The molecule has 0 heterocycles. The van der Waals surface area contributed by atoms with Crippen LogP contribution in [0.15, 0.2) is 0 Å². The van der Waals surface area contributed by atoms with Crippen LogP contribution in [0.1, 0.15) is 20.8 Å². The second kappa shape index (κ2) is 6.83. The highest BCUT2D eigenvalue weighted by molar-refractivity contribution is 5.02. The van der Waals surface area contributed by atoms with E-state index >= 15 is 0 Å². The summed E-state index contributed by atoms with van der Waals surface area (Å²) >= 11 is 0. The Labute approximate surface area is 87.1 Å². The summed E-state index contributed by atoms with van der Waals surface area (Å²) in [5.74, 6) is 5.57. The van der Waals surface area contributed by atoms with Crippen molar-refractivity contribution >= 4 is 0 Å². The van der Waals surface area contributed by atoms with Crippen LogP contribution in [0.2, 0.25) is 0 Å². The number of aliphatic hydroxyl groups is 1. The fourth-order valence-corrected chi connectivity index (χ4v) is 1.41.